The number of hydrazone groups is 1. The van der Waals surface area contributed by atoms with Crippen molar-refractivity contribution in [2.24, 2.45) is 10.8 Å². The molecule has 1 heterocycles. The van der Waals surface area contributed by atoms with E-state index in [2.05, 4.69) is 46.3 Å². The molecule has 0 atom stereocenters. The number of rotatable bonds is 3. The fourth-order valence-electron chi connectivity index (χ4n) is 3.18. The summed E-state index contributed by atoms with van der Waals surface area (Å²) in [4.78, 5) is 10.7. The Morgan fingerprint density at radius 2 is 2.05 bits per heavy atom. The van der Waals surface area contributed by atoms with Crippen LogP contribution in [0.25, 0.3) is 5.69 Å². The van der Waals surface area contributed by atoms with Crippen LogP contribution in [0.3, 0.4) is 0 Å². The molecule has 3 rings (SSSR count). The topological polar surface area (TPSA) is 72.4 Å². The van der Waals surface area contributed by atoms with Gasteiger partial charge in [-0.25, -0.2) is 10.2 Å². The van der Waals surface area contributed by atoms with Crippen molar-refractivity contribution in [2.45, 2.75) is 33.1 Å². The van der Waals surface area contributed by atoms with Gasteiger partial charge in [0, 0.05) is 22.6 Å². The number of urea groups is 1. The minimum atomic E-state index is -0.663. The summed E-state index contributed by atoms with van der Waals surface area (Å²) in [5, 5.41) is 3.85. The zero-order chi connectivity index (χ0) is 15.7. The molecule has 2 amide bonds. The molecule has 114 valence electrons. The monoisotopic (exact) mass is 296 g/mol. The summed E-state index contributed by atoms with van der Waals surface area (Å²) in [6.07, 6.45) is 5.23. The standard InChI is InChI=1S/C17H20N4O/c1-11-8-15(10-19-20-17(18)22)12(2)21(11)16-7-6-13-4-3-5-14(13)9-16/h6-10H,3-5H2,1-2H3,(H3,18,20,22). The molecule has 2 aromatic rings. The number of hydrogen-bond acceptors (Lipinski definition) is 2. The van der Waals surface area contributed by atoms with Crippen LogP contribution in [0.15, 0.2) is 29.4 Å². The molecule has 22 heavy (non-hydrogen) atoms. The van der Waals surface area contributed by atoms with Gasteiger partial charge in [0.05, 0.1) is 6.21 Å². The highest BCUT2D eigenvalue weighted by Crippen LogP contribution is 2.27. The Bertz CT molecular complexity index is 758. The third-order valence-electron chi connectivity index (χ3n) is 4.19. The Morgan fingerprint density at radius 3 is 2.82 bits per heavy atom. The summed E-state index contributed by atoms with van der Waals surface area (Å²) in [5.74, 6) is 0. The molecule has 1 aliphatic carbocycles. The molecule has 0 unspecified atom stereocenters. The number of fused-ring (bicyclic) bond motifs is 1. The number of aryl methyl sites for hydroxylation is 3. The molecule has 0 spiro atoms. The van der Waals surface area contributed by atoms with E-state index in [4.69, 9.17) is 5.73 Å². The fourth-order valence-corrected chi connectivity index (χ4v) is 3.18. The molecule has 1 aromatic heterocycles. The summed E-state index contributed by atoms with van der Waals surface area (Å²) in [6, 6.07) is 8.08. The van der Waals surface area contributed by atoms with Gasteiger partial charge in [-0.1, -0.05) is 6.07 Å². The molecule has 0 bridgehead atoms. The van der Waals surface area contributed by atoms with Crippen LogP contribution in [-0.4, -0.2) is 16.8 Å². The normalized spacial score (nSPS) is 13.5. The zero-order valence-corrected chi connectivity index (χ0v) is 12.9. The van der Waals surface area contributed by atoms with E-state index in [1.807, 2.05) is 6.92 Å². The number of carbonyl (C=O) groups excluding carboxylic acids is 1. The van der Waals surface area contributed by atoms with E-state index in [1.54, 1.807) is 6.21 Å². The summed E-state index contributed by atoms with van der Waals surface area (Å²) < 4.78 is 2.21. The number of nitrogens with zero attached hydrogens (tertiary/aromatic N) is 2. The van der Waals surface area contributed by atoms with E-state index >= 15 is 0 Å². The van der Waals surface area contributed by atoms with Gasteiger partial charge in [0.15, 0.2) is 0 Å². The van der Waals surface area contributed by atoms with Gasteiger partial charge in [-0.05, 0) is 62.4 Å². The Labute approximate surface area is 129 Å². The first-order valence-electron chi connectivity index (χ1n) is 7.46. The average Bonchev–Trinajstić information content (AvgIpc) is 3.03. The predicted molar refractivity (Wildman–Crippen MR) is 87.6 cm³/mol. The summed E-state index contributed by atoms with van der Waals surface area (Å²) in [7, 11) is 0. The predicted octanol–water partition coefficient (Wildman–Crippen LogP) is 2.59. The number of nitrogens with one attached hydrogen (secondary N) is 1. The van der Waals surface area contributed by atoms with Crippen molar-refractivity contribution >= 4 is 12.2 Å². The highest BCUT2D eigenvalue weighted by atomic mass is 16.2. The molecular formula is C17H20N4O. The summed E-state index contributed by atoms with van der Waals surface area (Å²) >= 11 is 0. The van der Waals surface area contributed by atoms with Gasteiger partial charge < -0.3 is 10.3 Å². The minimum Gasteiger partial charge on any atom is -0.350 e. The molecule has 0 fully saturated rings. The van der Waals surface area contributed by atoms with Crippen molar-refractivity contribution < 1.29 is 4.79 Å². The number of benzene rings is 1. The van der Waals surface area contributed by atoms with E-state index in [-0.39, 0.29) is 0 Å². The van der Waals surface area contributed by atoms with E-state index in [0.29, 0.717) is 0 Å². The van der Waals surface area contributed by atoms with Crippen LogP contribution in [0.1, 0.15) is 34.5 Å². The van der Waals surface area contributed by atoms with E-state index < -0.39 is 6.03 Å². The van der Waals surface area contributed by atoms with E-state index in [1.165, 1.54) is 36.1 Å². The van der Waals surface area contributed by atoms with Crippen molar-refractivity contribution in [2.75, 3.05) is 0 Å². The van der Waals surface area contributed by atoms with Crippen LogP contribution >= 0.6 is 0 Å². The average molecular weight is 296 g/mol. The van der Waals surface area contributed by atoms with Crippen molar-refractivity contribution in [1.29, 1.82) is 0 Å². The van der Waals surface area contributed by atoms with Crippen molar-refractivity contribution in [3.05, 3.63) is 52.3 Å². The van der Waals surface area contributed by atoms with E-state index in [0.717, 1.165) is 17.0 Å². The third kappa shape index (κ3) is 2.62. The van der Waals surface area contributed by atoms with Gasteiger partial charge in [0.1, 0.15) is 0 Å². The lowest BCUT2D eigenvalue weighted by molar-refractivity contribution is 0.249. The molecule has 3 N–H and O–H groups in total. The SMILES string of the molecule is Cc1cc(C=NNC(N)=O)c(C)n1-c1ccc2c(c1)CCC2. The van der Waals surface area contributed by atoms with Crippen molar-refractivity contribution in [3.8, 4) is 5.69 Å². The van der Waals surface area contributed by atoms with Crippen LogP contribution in [0.2, 0.25) is 0 Å². The van der Waals surface area contributed by atoms with Gasteiger partial charge in [-0.15, -0.1) is 0 Å². The Morgan fingerprint density at radius 1 is 1.27 bits per heavy atom. The Kier molecular flexibility index (Phi) is 3.71. The number of amides is 2. The lowest BCUT2D eigenvalue weighted by Gasteiger charge is -2.11. The second-order valence-corrected chi connectivity index (χ2v) is 5.70. The fraction of sp³-hybridized carbons (Fsp3) is 0.294. The van der Waals surface area contributed by atoms with Gasteiger partial charge in [-0.3, -0.25) is 0 Å². The molecule has 0 saturated heterocycles. The quantitative estimate of drug-likeness (QED) is 0.663. The lowest BCUT2D eigenvalue weighted by atomic mass is 10.1. The highest BCUT2D eigenvalue weighted by molar-refractivity contribution is 5.83. The second kappa shape index (κ2) is 5.67. The Balaban J connectivity index is 1.96. The van der Waals surface area contributed by atoms with Gasteiger partial charge in [-0.2, -0.15) is 5.10 Å². The summed E-state index contributed by atoms with van der Waals surface area (Å²) in [5.41, 5.74) is 14.5. The maximum absolute atomic E-state index is 10.7. The minimum absolute atomic E-state index is 0.663. The first-order chi connectivity index (χ1) is 10.6. The van der Waals surface area contributed by atoms with Crippen LogP contribution in [0.5, 0.6) is 0 Å². The number of carbonyl (C=O) groups is 1. The molecule has 0 saturated carbocycles. The van der Waals surface area contributed by atoms with Crippen LogP contribution in [0, 0.1) is 13.8 Å². The molecule has 0 aliphatic heterocycles. The van der Waals surface area contributed by atoms with Crippen LogP contribution < -0.4 is 11.2 Å². The maximum atomic E-state index is 10.7. The number of primary amides is 1. The van der Waals surface area contributed by atoms with E-state index in [9.17, 15) is 4.79 Å². The summed E-state index contributed by atoms with van der Waals surface area (Å²) in [6.45, 7) is 4.12. The number of hydrogen-bond donors (Lipinski definition) is 2. The molecule has 5 nitrogen and oxygen atoms in total. The van der Waals surface area contributed by atoms with Crippen LogP contribution in [-0.2, 0) is 12.8 Å². The van der Waals surface area contributed by atoms with Gasteiger partial charge >= 0.3 is 6.03 Å². The third-order valence-corrected chi connectivity index (χ3v) is 4.19. The molecular weight excluding hydrogens is 276 g/mol. The highest BCUT2D eigenvalue weighted by Gasteiger charge is 2.14. The van der Waals surface area contributed by atoms with Gasteiger partial charge in [0.25, 0.3) is 0 Å². The zero-order valence-electron chi connectivity index (χ0n) is 12.9. The maximum Gasteiger partial charge on any atom is 0.332 e. The Hall–Kier alpha value is -2.56. The smallest absolute Gasteiger partial charge is 0.332 e. The molecule has 0 radical (unpaired) electrons. The number of aromatic nitrogens is 1. The molecule has 1 aromatic carbocycles. The lowest BCUT2D eigenvalue weighted by Crippen LogP contribution is -2.24. The first kappa shape index (κ1) is 14.4. The van der Waals surface area contributed by atoms with Crippen molar-refractivity contribution in [3.63, 3.8) is 0 Å². The van der Waals surface area contributed by atoms with Crippen LogP contribution in [0.4, 0.5) is 4.79 Å². The van der Waals surface area contributed by atoms with Crippen molar-refractivity contribution in [1.82, 2.24) is 9.99 Å². The largest absolute Gasteiger partial charge is 0.350 e. The first-order valence-corrected chi connectivity index (χ1v) is 7.46. The van der Waals surface area contributed by atoms with Gasteiger partial charge in [0.2, 0.25) is 0 Å². The molecule has 1 aliphatic rings. The molecule has 5 heteroatoms. The number of nitrogens with two attached hydrogens (primary N) is 1. The second-order valence-electron chi connectivity index (χ2n) is 5.70.